The molecule has 0 heterocycles. The van der Waals surface area contributed by atoms with E-state index in [0.29, 0.717) is 18.7 Å². The molecule has 0 unspecified atom stereocenters. The number of amides is 1. The van der Waals surface area contributed by atoms with Gasteiger partial charge in [0, 0.05) is 25.8 Å². The normalized spacial score (nSPS) is 10.8. The molecule has 0 spiro atoms. The highest BCUT2D eigenvalue weighted by molar-refractivity contribution is 5.94. The summed E-state index contributed by atoms with van der Waals surface area (Å²) < 4.78 is 5.11. The topological polar surface area (TPSA) is 41.6 Å². The largest absolute Gasteiger partial charge is 0.380 e. The molecular weight excluding hydrogens is 288 g/mol. The number of rotatable bonds is 7. The minimum absolute atomic E-state index is 0.0670. The molecule has 0 atom stereocenters. The van der Waals surface area contributed by atoms with Crippen molar-refractivity contribution in [3.63, 3.8) is 0 Å². The van der Waals surface area contributed by atoms with Crippen LogP contribution in [0.4, 0.5) is 0 Å². The third kappa shape index (κ3) is 5.20. The number of benzene rings is 2. The van der Waals surface area contributed by atoms with Crippen LogP contribution < -0.4 is 5.32 Å². The highest BCUT2D eigenvalue weighted by atomic mass is 16.5. The third-order valence-electron chi connectivity index (χ3n) is 3.54. The quantitative estimate of drug-likeness (QED) is 0.855. The summed E-state index contributed by atoms with van der Waals surface area (Å²) in [5, 5.41) is 3.00. The number of nitrogens with one attached hydrogen (secondary N) is 1. The summed E-state index contributed by atoms with van der Waals surface area (Å²) in [5.41, 5.74) is 4.02. The molecule has 4 nitrogen and oxygen atoms in total. The monoisotopic (exact) mass is 312 g/mol. The number of ether oxygens (including phenoxy) is 1. The van der Waals surface area contributed by atoms with Gasteiger partial charge in [-0.05, 0) is 42.9 Å². The summed E-state index contributed by atoms with van der Waals surface area (Å²) in [4.78, 5) is 14.5. The second-order valence-electron chi connectivity index (χ2n) is 5.82. The molecule has 2 rings (SSSR count). The molecule has 0 aliphatic carbocycles. The summed E-state index contributed by atoms with van der Waals surface area (Å²) >= 11 is 0. The van der Waals surface area contributed by atoms with Crippen molar-refractivity contribution < 1.29 is 9.53 Å². The van der Waals surface area contributed by atoms with Crippen molar-refractivity contribution in [1.29, 1.82) is 0 Å². The van der Waals surface area contributed by atoms with Crippen LogP contribution in [0.15, 0.2) is 48.5 Å². The average Bonchev–Trinajstić information content (AvgIpc) is 2.54. The maximum Gasteiger partial charge on any atom is 0.251 e. The van der Waals surface area contributed by atoms with Gasteiger partial charge >= 0.3 is 0 Å². The molecule has 0 bridgehead atoms. The highest BCUT2D eigenvalue weighted by Gasteiger charge is 2.08. The molecule has 4 heteroatoms. The number of carbonyl (C=O) groups is 1. The Morgan fingerprint density at radius 2 is 1.83 bits per heavy atom. The van der Waals surface area contributed by atoms with Crippen LogP contribution in [0.5, 0.6) is 0 Å². The predicted octanol–water partition coefficient (Wildman–Crippen LogP) is 2.82. The molecular formula is C19H24N2O2. The lowest BCUT2D eigenvalue weighted by Gasteiger charge is -2.14. The van der Waals surface area contributed by atoms with E-state index in [2.05, 4.69) is 22.3 Å². The first-order valence-electron chi connectivity index (χ1n) is 7.67. The van der Waals surface area contributed by atoms with Gasteiger partial charge < -0.3 is 15.0 Å². The molecule has 0 saturated heterocycles. The van der Waals surface area contributed by atoms with Crippen molar-refractivity contribution in [3.05, 3.63) is 70.8 Å². The van der Waals surface area contributed by atoms with E-state index in [-0.39, 0.29) is 5.91 Å². The minimum atomic E-state index is -0.0670. The van der Waals surface area contributed by atoms with Crippen LogP contribution in [0, 0.1) is 0 Å². The number of carbonyl (C=O) groups excluding carboxylic acids is 1. The molecule has 0 fully saturated rings. The van der Waals surface area contributed by atoms with Crippen molar-refractivity contribution >= 4 is 5.91 Å². The fourth-order valence-corrected chi connectivity index (χ4v) is 2.47. The molecule has 2 aromatic carbocycles. The molecule has 0 aliphatic heterocycles. The zero-order valence-corrected chi connectivity index (χ0v) is 14.0. The first kappa shape index (κ1) is 17.2. The van der Waals surface area contributed by atoms with Gasteiger partial charge in [0.15, 0.2) is 0 Å². The maximum absolute atomic E-state index is 12.3. The lowest BCUT2D eigenvalue weighted by Crippen LogP contribution is -2.24. The maximum atomic E-state index is 12.3. The van der Waals surface area contributed by atoms with Crippen molar-refractivity contribution in [2.45, 2.75) is 19.7 Å². The van der Waals surface area contributed by atoms with Crippen LogP contribution in [-0.2, 0) is 24.4 Å². The van der Waals surface area contributed by atoms with Crippen molar-refractivity contribution in [1.82, 2.24) is 10.2 Å². The molecule has 1 N–H and O–H groups in total. The van der Waals surface area contributed by atoms with E-state index >= 15 is 0 Å². The summed E-state index contributed by atoms with van der Waals surface area (Å²) in [6.07, 6.45) is 0. The van der Waals surface area contributed by atoms with Crippen LogP contribution in [0.1, 0.15) is 27.0 Å². The van der Waals surface area contributed by atoms with E-state index in [1.807, 2.05) is 50.5 Å². The Morgan fingerprint density at radius 1 is 1.09 bits per heavy atom. The standard InChI is InChI=1S/C19H24N2O2/c1-21(2)13-18-9-5-4-8-17(18)12-20-19(22)16-10-6-7-15(11-16)14-23-3/h4-11H,12-14H2,1-3H3,(H,20,22). The van der Waals surface area contributed by atoms with Gasteiger partial charge in [0.05, 0.1) is 6.61 Å². The van der Waals surface area contributed by atoms with Crippen LogP contribution in [0.3, 0.4) is 0 Å². The number of nitrogens with zero attached hydrogens (tertiary/aromatic N) is 1. The molecule has 0 aromatic heterocycles. The number of methoxy groups -OCH3 is 1. The second-order valence-corrected chi connectivity index (χ2v) is 5.82. The van der Waals surface area contributed by atoms with Gasteiger partial charge in [-0.3, -0.25) is 4.79 Å². The van der Waals surface area contributed by atoms with E-state index in [0.717, 1.165) is 17.7 Å². The van der Waals surface area contributed by atoms with Gasteiger partial charge in [-0.25, -0.2) is 0 Å². The number of hydrogen-bond donors (Lipinski definition) is 1. The molecule has 2 aromatic rings. The minimum Gasteiger partial charge on any atom is -0.380 e. The van der Waals surface area contributed by atoms with Gasteiger partial charge in [-0.15, -0.1) is 0 Å². The van der Waals surface area contributed by atoms with Crippen LogP contribution in [-0.4, -0.2) is 32.0 Å². The Labute approximate surface area is 138 Å². The molecule has 122 valence electrons. The zero-order valence-electron chi connectivity index (χ0n) is 14.0. The summed E-state index contributed by atoms with van der Waals surface area (Å²) in [5.74, 6) is -0.0670. The summed E-state index contributed by atoms with van der Waals surface area (Å²) in [7, 11) is 5.72. The Hall–Kier alpha value is -2.17. The Bertz CT molecular complexity index is 653. The van der Waals surface area contributed by atoms with E-state index < -0.39 is 0 Å². The highest BCUT2D eigenvalue weighted by Crippen LogP contribution is 2.11. The fourth-order valence-electron chi connectivity index (χ4n) is 2.47. The zero-order chi connectivity index (χ0) is 16.7. The Balaban J connectivity index is 2.03. The molecule has 0 radical (unpaired) electrons. The average molecular weight is 312 g/mol. The molecule has 23 heavy (non-hydrogen) atoms. The Kier molecular flexibility index (Phi) is 6.32. The van der Waals surface area contributed by atoms with Gasteiger partial charge in [-0.2, -0.15) is 0 Å². The second kappa shape index (κ2) is 8.46. The predicted molar refractivity (Wildman–Crippen MR) is 92.2 cm³/mol. The first-order chi connectivity index (χ1) is 11.1. The smallest absolute Gasteiger partial charge is 0.251 e. The van der Waals surface area contributed by atoms with Crippen LogP contribution in [0.2, 0.25) is 0 Å². The van der Waals surface area contributed by atoms with Gasteiger partial charge in [0.1, 0.15) is 0 Å². The summed E-state index contributed by atoms with van der Waals surface area (Å²) in [6.45, 7) is 1.89. The number of hydrogen-bond acceptors (Lipinski definition) is 3. The third-order valence-corrected chi connectivity index (χ3v) is 3.54. The lowest BCUT2D eigenvalue weighted by molar-refractivity contribution is 0.0950. The van der Waals surface area contributed by atoms with E-state index in [4.69, 9.17) is 4.74 Å². The van der Waals surface area contributed by atoms with Crippen LogP contribution >= 0.6 is 0 Å². The van der Waals surface area contributed by atoms with Crippen LogP contribution in [0.25, 0.3) is 0 Å². The molecule has 1 amide bonds. The van der Waals surface area contributed by atoms with Crippen molar-refractivity contribution in [2.24, 2.45) is 0 Å². The lowest BCUT2D eigenvalue weighted by atomic mass is 10.1. The van der Waals surface area contributed by atoms with Gasteiger partial charge in [0.2, 0.25) is 0 Å². The van der Waals surface area contributed by atoms with Gasteiger partial charge in [-0.1, -0.05) is 36.4 Å². The fraction of sp³-hybridized carbons (Fsp3) is 0.316. The van der Waals surface area contributed by atoms with Gasteiger partial charge in [0.25, 0.3) is 5.91 Å². The van der Waals surface area contributed by atoms with E-state index in [1.54, 1.807) is 7.11 Å². The van der Waals surface area contributed by atoms with E-state index in [1.165, 1.54) is 5.56 Å². The first-order valence-corrected chi connectivity index (χ1v) is 7.67. The van der Waals surface area contributed by atoms with Crippen molar-refractivity contribution in [3.8, 4) is 0 Å². The summed E-state index contributed by atoms with van der Waals surface area (Å²) in [6, 6.07) is 15.7. The molecule has 0 aliphatic rings. The Morgan fingerprint density at radius 3 is 2.52 bits per heavy atom. The SMILES string of the molecule is COCc1cccc(C(=O)NCc2ccccc2CN(C)C)c1. The molecule has 0 saturated carbocycles. The van der Waals surface area contributed by atoms with Crippen molar-refractivity contribution in [2.75, 3.05) is 21.2 Å². The van der Waals surface area contributed by atoms with E-state index in [9.17, 15) is 4.79 Å².